The number of phenols is 1. The van der Waals surface area contributed by atoms with Crippen LogP contribution in [0.2, 0.25) is 0 Å². The van der Waals surface area contributed by atoms with Crippen molar-refractivity contribution in [1.82, 2.24) is 9.21 Å². The van der Waals surface area contributed by atoms with Crippen molar-refractivity contribution in [2.45, 2.75) is 4.90 Å². The highest BCUT2D eigenvalue weighted by atomic mass is 32.2. The van der Waals surface area contributed by atoms with Gasteiger partial charge in [-0.25, -0.2) is 8.42 Å². The molecule has 7 heteroatoms. The molecular weight excluding hydrogens is 376 g/mol. The first kappa shape index (κ1) is 18.5. The molecule has 0 radical (unpaired) electrons. The van der Waals surface area contributed by atoms with Gasteiger partial charge in [0.2, 0.25) is 10.0 Å². The molecule has 0 aliphatic carbocycles. The number of nitrogens with zero attached hydrogens (tertiary/aromatic N) is 2. The number of carbonyl (C=O) groups excluding carboxylic acids is 1. The maximum atomic E-state index is 12.9. The first-order chi connectivity index (χ1) is 13.5. The summed E-state index contributed by atoms with van der Waals surface area (Å²) in [5.41, 5.74) is 0.234. The number of hydrogen-bond donors (Lipinski definition) is 1. The molecule has 1 heterocycles. The summed E-state index contributed by atoms with van der Waals surface area (Å²) >= 11 is 0. The van der Waals surface area contributed by atoms with Crippen molar-refractivity contribution in [3.63, 3.8) is 0 Å². The molecular formula is C21H20N2O4S. The average Bonchev–Trinajstić information content (AvgIpc) is 2.73. The van der Waals surface area contributed by atoms with Gasteiger partial charge in [0, 0.05) is 26.2 Å². The molecule has 0 spiro atoms. The highest BCUT2D eigenvalue weighted by Gasteiger charge is 2.31. The molecule has 3 aromatic rings. The number of sulfonamides is 1. The number of aromatic hydroxyl groups is 1. The molecule has 1 N–H and O–H groups in total. The number of piperazine rings is 1. The zero-order valence-electron chi connectivity index (χ0n) is 15.2. The maximum absolute atomic E-state index is 12.9. The summed E-state index contributed by atoms with van der Waals surface area (Å²) < 4.78 is 26.8. The molecule has 1 aliphatic heterocycles. The molecule has 4 rings (SSSR count). The van der Waals surface area contributed by atoms with Gasteiger partial charge in [-0.05, 0) is 35.0 Å². The Morgan fingerprint density at radius 2 is 1.39 bits per heavy atom. The SMILES string of the molecule is O=C(c1cc2ccccc2cc1O)N1CCN(S(=O)(=O)c2ccccc2)CC1. The molecule has 0 unspecified atom stereocenters. The minimum absolute atomic E-state index is 0.0666. The lowest BCUT2D eigenvalue weighted by Gasteiger charge is -2.34. The van der Waals surface area contributed by atoms with Gasteiger partial charge in [0.25, 0.3) is 5.91 Å². The van der Waals surface area contributed by atoms with E-state index in [1.807, 2.05) is 24.3 Å². The van der Waals surface area contributed by atoms with Crippen molar-refractivity contribution in [2.24, 2.45) is 0 Å². The Labute approximate surface area is 163 Å². The Hall–Kier alpha value is -2.90. The zero-order chi connectivity index (χ0) is 19.7. The van der Waals surface area contributed by atoms with E-state index in [-0.39, 0.29) is 48.3 Å². The van der Waals surface area contributed by atoms with Crippen LogP contribution in [-0.4, -0.2) is 54.8 Å². The van der Waals surface area contributed by atoms with Gasteiger partial charge >= 0.3 is 0 Å². The predicted molar refractivity (Wildman–Crippen MR) is 107 cm³/mol. The third kappa shape index (κ3) is 3.34. The Bertz CT molecular complexity index is 1120. The first-order valence-corrected chi connectivity index (χ1v) is 10.5. The lowest BCUT2D eigenvalue weighted by atomic mass is 10.0. The Morgan fingerprint density at radius 3 is 2.04 bits per heavy atom. The summed E-state index contributed by atoms with van der Waals surface area (Å²) in [5.74, 6) is -0.358. The van der Waals surface area contributed by atoms with Crippen molar-refractivity contribution in [2.75, 3.05) is 26.2 Å². The van der Waals surface area contributed by atoms with Crippen LogP contribution < -0.4 is 0 Å². The molecule has 0 bridgehead atoms. The second kappa shape index (κ2) is 7.26. The Balaban J connectivity index is 1.51. The fraction of sp³-hybridized carbons (Fsp3) is 0.190. The lowest BCUT2D eigenvalue weighted by Crippen LogP contribution is -2.50. The Kier molecular flexibility index (Phi) is 4.78. The van der Waals surface area contributed by atoms with Crippen LogP contribution in [0, 0.1) is 0 Å². The fourth-order valence-electron chi connectivity index (χ4n) is 3.44. The van der Waals surface area contributed by atoms with Gasteiger partial charge in [-0.2, -0.15) is 4.31 Å². The molecule has 6 nitrogen and oxygen atoms in total. The van der Waals surface area contributed by atoms with E-state index in [9.17, 15) is 18.3 Å². The molecule has 0 atom stereocenters. The summed E-state index contributed by atoms with van der Waals surface area (Å²) in [6.45, 7) is 0.989. The topological polar surface area (TPSA) is 77.9 Å². The zero-order valence-corrected chi connectivity index (χ0v) is 16.0. The molecule has 28 heavy (non-hydrogen) atoms. The van der Waals surface area contributed by atoms with Crippen LogP contribution in [0.15, 0.2) is 71.6 Å². The van der Waals surface area contributed by atoms with E-state index in [0.717, 1.165) is 10.8 Å². The number of amides is 1. The van der Waals surface area contributed by atoms with Crippen LogP contribution in [0.4, 0.5) is 0 Å². The molecule has 144 valence electrons. The van der Waals surface area contributed by atoms with E-state index in [0.29, 0.717) is 0 Å². The summed E-state index contributed by atoms with van der Waals surface area (Å²) in [6.07, 6.45) is 0. The second-order valence-corrected chi connectivity index (χ2v) is 8.66. The van der Waals surface area contributed by atoms with Gasteiger partial charge < -0.3 is 10.0 Å². The maximum Gasteiger partial charge on any atom is 0.257 e. The second-order valence-electron chi connectivity index (χ2n) is 6.73. The van der Waals surface area contributed by atoms with Crippen LogP contribution in [-0.2, 0) is 10.0 Å². The number of hydrogen-bond acceptors (Lipinski definition) is 4. The highest BCUT2D eigenvalue weighted by Crippen LogP contribution is 2.27. The quantitative estimate of drug-likeness (QED) is 0.738. The molecule has 0 aromatic heterocycles. The minimum Gasteiger partial charge on any atom is -0.507 e. The van der Waals surface area contributed by atoms with Gasteiger partial charge in [-0.15, -0.1) is 0 Å². The largest absolute Gasteiger partial charge is 0.507 e. The number of phenolic OH excluding ortho intramolecular Hbond substituents is 1. The van der Waals surface area contributed by atoms with Crippen molar-refractivity contribution in [3.05, 3.63) is 72.3 Å². The normalized spacial score (nSPS) is 15.6. The van der Waals surface area contributed by atoms with E-state index in [2.05, 4.69) is 0 Å². The molecule has 1 amide bonds. The molecule has 1 saturated heterocycles. The summed E-state index contributed by atoms with van der Waals surface area (Å²) in [7, 11) is -3.57. The van der Waals surface area contributed by atoms with Gasteiger partial charge in [0.05, 0.1) is 10.5 Å². The van der Waals surface area contributed by atoms with Crippen LogP contribution in [0.3, 0.4) is 0 Å². The number of benzene rings is 3. The van der Waals surface area contributed by atoms with Crippen LogP contribution in [0.5, 0.6) is 5.75 Å². The monoisotopic (exact) mass is 396 g/mol. The number of fused-ring (bicyclic) bond motifs is 1. The van der Waals surface area contributed by atoms with Crippen molar-refractivity contribution >= 4 is 26.7 Å². The molecule has 3 aromatic carbocycles. The molecule has 0 saturated carbocycles. The summed E-state index contributed by atoms with van der Waals surface area (Å²) in [6, 6.07) is 19.1. The van der Waals surface area contributed by atoms with Crippen molar-refractivity contribution in [1.29, 1.82) is 0 Å². The van der Waals surface area contributed by atoms with Gasteiger partial charge in [-0.1, -0.05) is 42.5 Å². The highest BCUT2D eigenvalue weighted by molar-refractivity contribution is 7.89. The van der Waals surface area contributed by atoms with E-state index >= 15 is 0 Å². The third-order valence-electron chi connectivity index (χ3n) is 5.00. The molecule has 1 aliphatic rings. The lowest BCUT2D eigenvalue weighted by molar-refractivity contribution is 0.0695. The smallest absolute Gasteiger partial charge is 0.257 e. The summed E-state index contributed by atoms with van der Waals surface area (Å²) in [5, 5.41) is 12.0. The van der Waals surface area contributed by atoms with E-state index in [4.69, 9.17) is 0 Å². The standard InChI is InChI=1S/C21H20N2O4S/c24-20-15-17-7-5-4-6-16(17)14-19(20)21(25)22-10-12-23(13-11-22)28(26,27)18-8-2-1-3-9-18/h1-9,14-15,24H,10-13H2. The predicted octanol–water partition coefficient (Wildman–Crippen LogP) is 2.69. The van der Waals surface area contributed by atoms with Crippen LogP contribution in [0.25, 0.3) is 10.8 Å². The minimum atomic E-state index is -3.57. The van der Waals surface area contributed by atoms with Crippen LogP contribution >= 0.6 is 0 Å². The van der Waals surface area contributed by atoms with E-state index in [1.54, 1.807) is 47.4 Å². The average molecular weight is 396 g/mol. The van der Waals surface area contributed by atoms with Gasteiger partial charge in [-0.3, -0.25) is 4.79 Å². The summed E-state index contributed by atoms with van der Waals surface area (Å²) in [4.78, 5) is 14.7. The third-order valence-corrected chi connectivity index (χ3v) is 6.91. The van der Waals surface area contributed by atoms with E-state index in [1.165, 1.54) is 4.31 Å². The number of carbonyl (C=O) groups is 1. The van der Waals surface area contributed by atoms with E-state index < -0.39 is 10.0 Å². The first-order valence-electron chi connectivity index (χ1n) is 9.03. The Morgan fingerprint density at radius 1 is 0.821 bits per heavy atom. The van der Waals surface area contributed by atoms with Crippen molar-refractivity contribution < 1.29 is 18.3 Å². The van der Waals surface area contributed by atoms with Gasteiger partial charge in [0.15, 0.2) is 0 Å². The molecule has 1 fully saturated rings. The van der Waals surface area contributed by atoms with Crippen molar-refractivity contribution in [3.8, 4) is 5.75 Å². The fourth-order valence-corrected chi connectivity index (χ4v) is 4.89. The number of rotatable bonds is 3. The van der Waals surface area contributed by atoms with Crippen LogP contribution in [0.1, 0.15) is 10.4 Å². The van der Waals surface area contributed by atoms with Gasteiger partial charge in [0.1, 0.15) is 5.75 Å².